The third-order valence-electron chi connectivity index (χ3n) is 2.83. The average Bonchev–Trinajstić information content (AvgIpc) is 2.39. The molecule has 1 unspecified atom stereocenters. The molecule has 1 aliphatic heterocycles. The van der Waals surface area contributed by atoms with Crippen molar-refractivity contribution in [3.05, 3.63) is 10.7 Å². The van der Waals surface area contributed by atoms with Gasteiger partial charge in [-0.1, -0.05) is 6.92 Å². The summed E-state index contributed by atoms with van der Waals surface area (Å²) in [4.78, 5) is 10.7. The lowest BCUT2D eigenvalue weighted by Crippen LogP contribution is -2.45. The number of aromatic nitrogens is 2. The fourth-order valence-electron chi connectivity index (χ4n) is 1.90. The van der Waals surface area contributed by atoms with Crippen molar-refractivity contribution < 1.29 is 4.74 Å². The molecule has 17 heavy (non-hydrogen) atoms. The van der Waals surface area contributed by atoms with Gasteiger partial charge < -0.3 is 9.64 Å². The minimum Gasteiger partial charge on any atom is -0.377 e. The largest absolute Gasteiger partial charge is 0.377 e. The average molecular weight is 302 g/mol. The number of hydrogen-bond acceptors (Lipinski definition) is 6. The second kappa shape index (κ2) is 5.61. The van der Waals surface area contributed by atoms with Crippen LogP contribution in [0, 0.1) is 0 Å². The standard InChI is InChI=1S/C10H16BrN5O/c1-2-7-6-17-4-3-16(7)9-8(11)5-13-10(14-9)15-12/h5,7H,2-4,6,12H2,1H3,(H,13,14,15). The summed E-state index contributed by atoms with van der Waals surface area (Å²) in [6.07, 6.45) is 2.72. The Labute approximate surface area is 109 Å². The molecule has 1 atom stereocenters. The second-order valence-corrected chi connectivity index (χ2v) is 4.69. The van der Waals surface area contributed by atoms with Crippen molar-refractivity contribution in [1.29, 1.82) is 0 Å². The smallest absolute Gasteiger partial charge is 0.239 e. The van der Waals surface area contributed by atoms with Gasteiger partial charge in [-0.05, 0) is 22.4 Å². The molecule has 1 aromatic heterocycles. The van der Waals surface area contributed by atoms with Crippen molar-refractivity contribution in [3.8, 4) is 0 Å². The summed E-state index contributed by atoms with van der Waals surface area (Å²) in [6, 6.07) is 0.348. The first-order valence-electron chi connectivity index (χ1n) is 5.59. The maximum atomic E-state index is 5.48. The Hall–Kier alpha value is -0.920. The van der Waals surface area contributed by atoms with E-state index < -0.39 is 0 Å². The van der Waals surface area contributed by atoms with Gasteiger partial charge in [0.25, 0.3) is 0 Å². The number of nitrogen functional groups attached to an aromatic ring is 1. The number of nitrogens with two attached hydrogens (primary N) is 1. The molecule has 3 N–H and O–H groups in total. The van der Waals surface area contributed by atoms with E-state index in [1.807, 2.05) is 0 Å². The normalized spacial score (nSPS) is 20.4. The van der Waals surface area contributed by atoms with Crippen LogP contribution in [0.5, 0.6) is 0 Å². The molecule has 0 aromatic carbocycles. The van der Waals surface area contributed by atoms with Crippen molar-refractivity contribution in [2.45, 2.75) is 19.4 Å². The lowest BCUT2D eigenvalue weighted by molar-refractivity contribution is 0.0925. The summed E-state index contributed by atoms with van der Waals surface area (Å²) in [5.74, 6) is 6.62. The van der Waals surface area contributed by atoms with Gasteiger partial charge in [-0.2, -0.15) is 4.98 Å². The highest BCUT2D eigenvalue weighted by molar-refractivity contribution is 9.10. The number of rotatable bonds is 3. The molecule has 0 bridgehead atoms. The number of nitrogens with zero attached hydrogens (tertiary/aromatic N) is 3. The lowest BCUT2D eigenvalue weighted by Gasteiger charge is -2.36. The highest BCUT2D eigenvalue weighted by Crippen LogP contribution is 2.27. The van der Waals surface area contributed by atoms with Crippen molar-refractivity contribution in [2.24, 2.45) is 5.84 Å². The number of hydrogen-bond donors (Lipinski definition) is 2. The number of halogens is 1. The fraction of sp³-hybridized carbons (Fsp3) is 0.600. The van der Waals surface area contributed by atoms with E-state index in [4.69, 9.17) is 10.6 Å². The summed E-state index contributed by atoms with van der Waals surface area (Å²) >= 11 is 3.48. The van der Waals surface area contributed by atoms with Crippen LogP contribution in [0.1, 0.15) is 13.3 Å². The maximum absolute atomic E-state index is 5.48. The molecule has 0 radical (unpaired) electrons. The van der Waals surface area contributed by atoms with Gasteiger partial charge in [0.05, 0.1) is 23.7 Å². The number of hydrazine groups is 1. The van der Waals surface area contributed by atoms with Crippen molar-refractivity contribution in [3.63, 3.8) is 0 Å². The highest BCUT2D eigenvalue weighted by atomic mass is 79.9. The van der Waals surface area contributed by atoms with E-state index in [9.17, 15) is 0 Å². The predicted molar refractivity (Wildman–Crippen MR) is 69.8 cm³/mol. The third-order valence-corrected chi connectivity index (χ3v) is 3.38. The number of nitrogens with one attached hydrogen (secondary N) is 1. The highest BCUT2D eigenvalue weighted by Gasteiger charge is 2.24. The Kier molecular flexibility index (Phi) is 4.14. The Morgan fingerprint density at radius 3 is 3.24 bits per heavy atom. The molecule has 1 aromatic rings. The zero-order valence-electron chi connectivity index (χ0n) is 9.69. The van der Waals surface area contributed by atoms with E-state index in [1.165, 1.54) is 0 Å². The van der Waals surface area contributed by atoms with E-state index >= 15 is 0 Å². The van der Waals surface area contributed by atoms with E-state index in [1.54, 1.807) is 6.20 Å². The summed E-state index contributed by atoms with van der Waals surface area (Å²) in [5.41, 5.74) is 2.47. The predicted octanol–water partition coefficient (Wildman–Crippen LogP) is 1.14. The molecule has 2 heterocycles. The molecular weight excluding hydrogens is 286 g/mol. The Morgan fingerprint density at radius 2 is 2.53 bits per heavy atom. The van der Waals surface area contributed by atoms with Crippen LogP contribution in [0.25, 0.3) is 0 Å². The first kappa shape index (κ1) is 12.5. The molecule has 0 amide bonds. The van der Waals surface area contributed by atoms with Crippen LogP contribution in [-0.4, -0.2) is 35.8 Å². The van der Waals surface area contributed by atoms with Crippen LogP contribution in [0.15, 0.2) is 10.7 Å². The monoisotopic (exact) mass is 301 g/mol. The van der Waals surface area contributed by atoms with Gasteiger partial charge in [-0.3, -0.25) is 5.43 Å². The summed E-state index contributed by atoms with van der Waals surface area (Å²) < 4.78 is 6.35. The molecule has 1 saturated heterocycles. The summed E-state index contributed by atoms with van der Waals surface area (Å²) in [6.45, 7) is 4.43. The van der Waals surface area contributed by atoms with Gasteiger partial charge in [0.15, 0.2) is 0 Å². The van der Waals surface area contributed by atoms with Gasteiger partial charge in [-0.15, -0.1) is 0 Å². The molecule has 0 spiro atoms. The minimum atomic E-state index is 0.348. The Balaban J connectivity index is 2.30. The summed E-state index contributed by atoms with van der Waals surface area (Å²) in [5, 5.41) is 0. The van der Waals surface area contributed by atoms with E-state index in [0.717, 1.165) is 36.5 Å². The fourth-order valence-corrected chi connectivity index (χ4v) is 2.32. The molecule has 0 aliphatic carbocycles. The molecule has 1 fully saturated rings. The van der Waals surface area contributed by atoms with Crippen molar-refractivity contribution >= 4 is 27.7 Å². The maximum Gasteiger partial charge on any atom is 0.239 e. The van der Waals surface area contributed by atoms with Gasteiger partial charge in [0, 0.05) is 12.7 Å². The first-order valence-corrected chi connectivity index (χ1v) is 6.39. The SMILES string of the molecule is CCC1COCCN1c1nc(NN)ncc1Br. The van der Waals surface area contributed by atoms with Gasteiger partial charge in [0.1, 0.15) is 5.82 Å². The number of anilines is 2. The van der Waals surface area contributed by atoms with E-state index in [2.05, 4.69) is 43.1 Å². The molecule has 7 heteroatoms. The third kappa shape index (κ3) is 2.67. The zero-order chi connectivity index (χ0) is 12.3. The second-order valence-electron chi connectivity index (χ2n) is 3.84. The lowest BCUT2D eigenvalue weighted by atomic mass is 10.2. The molecule has 2 rings (SSSR count). The van der Waals surface area contributed by atoms with E-state index in [-0.39, 0.29) is 0 Å². The molecule has 6 nitrogen and oxygen atoms in total. The van der Waals surface area contributed by atoms with Crippen LogP contribution in [0.4, 0.5) is 11.8 Å². The summed E-state index contributed by atoms with van der Waals surface area (Å²) in [7, 11) is 0. The first-order chi connectivity index (χ1) is 8.26. The van der Waals surface area contributed by atoms with Crippen LogP contribution in [0.3, 0.4) is 0 Å². The van der Waals surface area contributed by atoms with E-state index in [0.29, 0.717) is 12.0 Å². The van der Waals surface area contributed by atoms with Crippen LogP contribution < -0.4 is 16.2 Å². The Bertz CT molecular complexity index is 389. The number of ether oxygens (including phenoxy) is 1. The van der Waals surface area contributed by atoms with Crippen LogP contribution in [-0.2, 0) is 4.74 Å². The zero-order valence-corrected chi connectivity index (χ0v) is 11.3. The molecule has 0 saturated carbocycles. The van der Waals surface area contributed by atoms with Crippen LogP contribution >= 0.6 is 15.9 Å². The van der Waals surface area contributed by atoms with Gasteiger partial charge in [-0.25, -0.2) is 10.8 Å². The molecule has 1 aliphatic rings. The molecular formula is C10H16BrN5O. The minimum absolute atomic E-state index is 0.348. The topological polar surface area (TPSA) is 76.3 Å². The van der Waals surface area contributed by atoms with Crippen molar-refractivity contribution in [1.82, 2.24) is 9.97 Å². The molecule has 94 valence electrons. The van der Waals surface area contributed by atoms with Gasteiger partial charge >= 0.3 is 0 Å². The van der Waals surface area contributed by atoms with Crippen LogP contribution in [0.2, 0.25) is 0 Å². The van der Waals surface area contributed by atoms with Gasteiger partial charge in [0.2, 0.25) is 5.95 Å². The quantitative estimate of drug-likeness (QED) is 0.644. The number of morpholine rings is 1. The Morgan fingerprint density at radius 1 is 1.71 bits per heavy atom. The van der Waals surface area contributed by atoms with Crippen molar-refractivity contribution in [2.75, 3.05) is 30.1 Å².